The van der Waals surface area contributed by atoms with Crippen molar-refractivity contribution in [2.45, 2.75) is 45.2 Å². The Hall–Kier alpha value is -2.62. The summed E-state index contributed by atoms with van der Waals surface area (Å²) in [5.41, 5.74) is 7.73. The molecule has 0 aliphatic heterocycles. The van der Waals surface area contributed by atoms with Gasteiger partial charge in [0.25, 0.3) is 0 Å². The second-order valence-corrected chi connectivity index (χ2v) is 12.4. The maximum atomic E-state index is 13.6. The van der Waals surface area contributed by atoms with Crippen LogP contribution in [0.5, 0.6) is 0 Å². The van der Waals surface area contributed by atoms with Crippen LogP contribution in [0, 0.1) is 0 Å². The van der Waals surface area contributed by atoms with Gasteiger partial charge < -0.3 is 8.61 Å². The van der Waals surface area contributed by atoms with Gasteiger partial charge in [-0.15, -0.1) is 0 Å². The Kier molecular flexibility index (Phi) is 7.11. The highest BCUT2D eigenvalue weighted by Crippen LogP contribution is 2.46. The molecule has 0 unspecified atom stereocenters. The van der Waals surface area contributed by atoms with E-state index in [1.54, 1.807) is 6.08 Å². The summed E-state index contributed by atoms with van der Waals surface area (Å²) >= 11 is 0. The van der Waals surface area contributed by atoms with E-state index in [9.17, 15) is 4.46 Å². The Balaban J connectivity index is 0.000000523. The van der Waals surface area contributed by atoms with Crippen LogP contribution in [0.25, 0.3) is 11.1 Å². The minimum atomic E-state index is -1.94. The van der Waals surface area contributed by atoms with Gasteiger partial charge >= 0.3 is 8.84 Å². The quantitative estimate of drug-likeness (QED) is 0.370. The smallest absolute Gasteiger partial charge is 0.328 e. The summed E-state index contributed by atoms with van der Waals surface area (Å²) < 4.78 is 14.2. The van der Waals surface area contributed by atoms with E-state index >= 15 is 0 Å². The molecule has 0 spiro atoms. The first kappa shape index (κ1) is 24.0. The lowest BCUT2D eigenvalue weighted by Crippen LogP contribution is -2.60. The zero-order valence-corrected chi connectivity index (χ0v) is 21.4. The van der Waals surface area contributed by atoms with Gasteiger partial charge in [0, 0.05) is 0 Å². The van der Waals surface area contributed by atoms with Crippen molar-refractivity contribution < 1.29 is 8.61 Å². The molecule has 0 heterocycles. The molecular formula is C29H36NOSi+. The van der Waals surface area contributed by atoms with E-state index in [0.717, 1.165) is 6.42 Å². The van der Waals surface area contributed by atoms with Gasteiger partial charge in [0.05, 0.1) is 25.2 Å². The van der Waals surface area contributed by atoms with Crippen molar-refractivity contribution in [3.8, 4) is 0 Å². The summed E-state index contributed by atoms with van der Waals surface area (Å²) in [4.78, 5) is 0. The second kappa shape index (κ2) is 9.48. The molecule has 0 fully saturated rings. The van der Waals surface area contributed by atoms with E-state index < -0.39 is 8.84 Å². The third-order valence-electron chi connectivity index (χ3n) is 6.82. The van der Waals surface area contributed by atoms with Gasteiger partial charge in [0.15, 0.2) is 0 Å². The summed E-state index contributed by atoms with van der Waals surface area (Å²) in [7, 11) is 2.27. The lowest BCUT2D eigenvalue weighted by Gasteiger charge is -2.41. The Labute approximate surface area is 195 Å². The van der Waals surface area contributed by atoms with Gasteiger partial charge in [-0.3, -0.25) is 0 Å². The molecule has 2 aromatic rings. The zero-order valence-electron chi connectivity index (χ0n) is 20.4. The molecule has 4 rings (SSSR count). The fraction of sp³-hybridized carbons (Fsp3) is 0.310. The first-order valence-corrected chi connectivity index (χ1v) is 12.8. The summed E-state index contributed by atoms with van der Waals surface area (Å²) in [6, 6.07) is 17.3. The van der Waals surface area contributed by atoms with Crippen LogP contribution in [0.2, 0.25) is 5.54 Å². The maximum absolute atomic E-state index is 13.6. The average Bonchev–Trinajstić information content (AvgIpc) is 3.14. The van der Waals surface area contributed by atoms with E-state index in [1.165, 1.54) is 33.4 Å². The molecule has 0 saturated carbocycles. The first-order chi connectivity index (χ1) is 15.1. The van der Waals surface area contributed by atoms with Crippen molar-refractivity contribution in [2.24, 2.45) is 0 Å². The molecule has 0 atom stereocenters. The number of hydrogen-bond donors (Lipinski definition) is 0. The van der Waals surface area contributed by atoms with Crippen LogP contribution in [0.15, 0.2) is 85.5 Å². The van der Waals surface area contributed by atoms with Crippen molar-refractivity contribution in [2.75, 3.05) is 14.1 Å². The zero-order chi connectivity index (χ0) is 23.5. The molecule has 2 aliphatic rings. The highest BCUT2D eigenvalue weighted by Gasteiger charge is 2.46. The maximum Gasteiger partial charge on any atom is 0.564 e. The Bertz CT molecular complexity index is 1050. The van der Waals surface area contributed by atoms with E-state index in [2.05, 4.69) is 102 Å². The normalized spacial score (nSPS) is 15.4. The van der Waals surface area contributed by atoms with Gasteiger partial charge in [-0.2, -0.15) is 0 Å². The average molecular weight is 443 g/mol. The molecule has 0 aromatic heterocycles. The first-order valence-electron chi connectivity index (χ1n) is 11.3. The van der Waals surface area contributed by atoms with Gasteiger partial charge in [-0.05, 0) is 67.5 Å². The molecule has 32 heavy (non-hydrogen) atoms. The van der Waals surface area contributed by atoms with Crippen LogP contribution in [0.3, 0.4) is 0 Å². The largest absolute Gasteiger partial charge is 0.564 e. The molecule has 2 nitrogen and oxygen atoms in total. The molecule has 3 heteroatoms. The summed E-state index contributed by atoms with van der Waals surface area (Å²) in [5, 5.41) is 0. The molecule has 2 aromatic carbocycles. The van der Waals surface area contributed by atoms with Crippen molar-refractivity contribution in [1.29, 1.82) is 0 Å². The van der Waals surface area contributed by atoms with Gasteiger partial charge in [0.1, 0.15) is 0 Å². The Morgan fingerprint density at radius 1 is 0.938 bits per heavy atom. The number of fused-ring (bicyclic) bond motifs is 5. The van der Waals surface area contributed by atoms with Gasteiger partial charge in [0.2, 0.25) is 0 Å². The monoisotopic (exact) mass is 442 g/mol. The topological polar surface area (TPSA) is 17.1 Å². The van der Waals surface area contributed by atoms with Crippen LogP contribution in [0.1, 0.15) is 49.9 Å². The molecule has 2 aliphatic carbocycles. The van der Waals surface area contributed by atoms with Crippen LogP contribution in [-0.2, 0) is 10.9 Å². The Morgan fingerprint density at radius 2 is 1.41 bits per heavy atom. The van der Waals surface area contributed by atoms with Crippen molar-refractivity contribution in [3.63, 3.8) is 0 Å². The van der Waals surface area contributed by atoms with Crippen molar-refractivity contribution in [1.82, 2.24) is 0 Å². The predicted octanol–water partition coefficient (Wildman–Crippen LogP) is 6.98. The number of hydrogen-bond acceptors (Lipinski definition) is 1. The second-order valence-electron chi connectivity index (χ2n) is 9.90. The minimum absolute atomic E-state index is 0.00608. The van der Waals surface area contributed by atoms with E-state index in [1.807, 2.05) is 19.1 Å². The van der Waals surface area contributed by atoms with Crippen molar-refractivity contribution >= 4 is 20.0 Å². The van der Waals surface area contributed by atoms with E-state index in [0.29, 0.717) is 4.15 Å². The fourth-order valence-electron chi connectivity index (χ4n) is 4.12. The number of nitrogens with zero attached hydrogens (tertiary/aromatic N) is 1. The number of benzene rings is 2. The highest BCUT2D eigenvalue weighted by atomic mass is 28.3. The summed E-state index contributed by atoms with van der Waals surface area (Å²) in [6.45, 7) is 11.9. The van der Waals surface area contributed by atoms with Crippen molar-refractivity contribution in [3.05, 3.63) is 108 Å². The molecule has 0 saturated heterocycles. The third kappa shape index (κ3) is 4.60. The van der Waals surface area contributed by atoms with Gasteiger partial charge in [-0.25, -0.2) is 0 Å². The van der Waals surface area contributed by atoms with E-state index in [4.69, 9.17) is 0 Å². The molecular weight excluding hydrogens is 406 g/mol. The highest BCUT2D eigenvalue weighted by molar-refractivity contribution is 6.40. The Morgan fingerprint density at radius 3 is 1.78 bits per heavy atom. The fourth-order valence-corrected chi connectivity index (χ4v) is 6.14. The summed E-state index contributed by atoms with van der Waals surface area (Å²) in [5.74, 6) is 0. The lowest BCUT2D eigenvalue weighted by molar-refractivity contribution is -0.838. The molecule has 0 N–H and O–H groups in total. The number of allylic oxidation sites excluding steroid dienone is 7. The third-order valence-corrected chi connectivity index (χ3v) is 9.50. The number of quaternary nitrogens is 1. The minimum Gasteiger partial charge on any atom is -0.328 e. The van der Waals surface area contributed by atoms with Crippen LogP contribution in [0.4, 0.5) is 0 Å². The summed E-state index contributed by atoms with van der Waals surface area (Å²) in [6.07, 6.45) is 11.1. The molecule has 0 amide bonds. The van der Waals surface area contributed by atoms with Crippen LogP contribution < -0.4 is 0 Å². The van der Waals surface area contributed by atoms with Crippen LogP contribution >= 0.6 is 0 Å². The molecule has 0 radical (unpaired) electrons. The lowest BCUT2D eigenvalue weighted by atomic mass is 9.95. The van der Waals surface area contributed by atoms with Crippen LogP contribution in [-0.4, -0.2) is 32.6 Å². The standard InChI is InChI=1S/C24H28NOSi.C5H8/c1-24(2,3)25(4,5)27(26)19-15-22-20-12-8-6-10-17(20)14-18-11-7-9-13-21(18)23(22)16-19;1-3-5-4-2/h6-13,15-16,19H,14H2,1-5H3;3-5H,1H2,2H3/q+1;. The number of rotatable bonds is 3. The molecule has 166 valence electrons. The van der Waals surface area contributed by atoms with Gasteiger partial charge in [-0.1, -0.05) is 85.5 Å². The van der Waals surface area contributed by atoms with E-state index in [-0.39, 0.29) is 11.1 Å². The predicted molar refractivity (Wildman–Crippen MR) is 139 cm³/mol. The SMILES string of the molecule is C=CC=CC.CC(C)(C)[N+](C)(C)[Si](=O)C1C=C2C(=C1)c1ccccc1Cc1ccccc12. The molecule has 0 bridgehead atoms.